The molecule has 1 fully saturated rings. The minimum atomic E-state index is -4.40. The van der Waals surface area contributed by atoms with Crippen LogP contribution in [-0.2, 0) is 12.7 Å². The monoisotopic (exact) mass is 358 g/mol. The molecule has 0 amide bonds. The molecule has 0 saturated carbocycles. The molecule has 1 saturated heterocycles. The summed E-state index contributed by atoms with van der Waals surface area (Å²) in [7, 11) is 0. The van der Waals surface area contributed by atoms with Crippen molar-refractivity contribution in [2.24, 2.45) is 0 Å². The summed E-state index contributed by atoms with van der Waals surface area (Å²) >= 11 is 1.53. The Morgan fingerprint density at radius 3 is 2.75 bits per heavy atom. The van der Waals surface area contributed by atoms with Crippen molar-refractivity contribution < 1.29 is 18.3 Å². The van der Waals surface area contributed by atoms with Gasteiger partial charge in [0.25, 0.3) is 0 Å². The van der Waals surface area contributed by atoms with Gasteiger partial charge < -0.3 is 10.4 Å². The number of halogens is 3. The van der Waals surface area contributed by atoms with Crippen LogP contribution in [0.25, 0.3) is 0 Å². The number of hydrogen-bond acceptors (Lipinski definition) is 6. The number of aliphatic hydroxyl groups is 1. The lowest BCUT2D eigenvalue weighted by Gasteiger charge is -2.36. The minimum Gasteiger partial charge on any atom is -0.390 e. The quantitative estimate of drug-likeness (QED) is 0.880. The fourth-order valence-corrected chi connectivity index (χ4v) is 3.24. The summed E-state index contributed by atoms with van der Waals surface area (Å²) in [6.45, 7) is 1.94. The molecule has 0 unspecified atom stereocenters. The van der Waals surface area contributed by atoms with E-state index in [2.05, 4.69) is 20.2 Å². The molecule has 3 rings (SSSR count). The molecule has 0 bridgehead atoms. The first-order chi connectivity index (χ1) is 11.4. The maximum atomic E-state index is 12.5. The Hall–Kier alpha value is -1.71. The lowest BCUT2D eigenvalue weighted by atomic mass is 10.0. The predicted molar refractivity (Wildman–Crippen MR) is 84.7 cm³/mol. The molecule has 2 aromatic rings. The largest absolute Gasteiger partial charge is 0.417 e. The molecule has 2 N–H and O–H groups in total. The van der Waals surface area contributed by atoms with Gasteiger partial charge in [-0.3, -0.25) is 4.90 Å². The molecule has 1 aliphatic rings. The Morgan fingerprint density at radius 1 is 1.33 bits per heavy atom. The van der Waals surface area contributed by atoms with E-state index in [4.69, 9.17) is 0 Å². The summed E-state index contributed by atoms with van der Waals surface area (Å²) < 4.78 is 37.6. The number of thiazole rings is 1. The smallest absolute Gasteiger partial charge is 0.390 e. The van der Waals surface area contributed by atoms with E-state index in [0.29, 0.717) is 25.3 Å². The first-order valence-electron chi connectivity index (χ1n) is 7.49. The van der Waals surface area contributed by atoms with Crippen LogP contribution in [0.1, 0.15) is 17.7 Å². The van der Waals surface area contributed by atoms with E-state index in [1.165, 1.54) is 17.4 Å². The Bertz CT molecular complexity index is 648. The van der Waals surface area contributed by atoms with Gasteiger partial charge in [0.05, 0.1) is 28.9 Å². The lowest BCUT2D eigenvalue weighted by molar-refractivity contribution is -0.137. The highest BCUT2D eigenvalue weighted by molar-refractivity contribution is 7.07. The number of nitrogens with one attached hydrogen (secondary N) is 1. The molecule has 0 aliphatic carbocycles. The van der Waals surface area contributed by atoms with Gasteiger partial charge in [-0.15, -0.1) is 11.3 Å². The van der Waals surface area contributed by atoms with Crippen molar-refractivity contribution in [3.05, 3.63) is 40.5 Å². The normalized spacial score (nSPS) is 22.5. The zero-order valence-electron chi connectivity index (χ0n) is 12.7. The number of β-amino-alcohol motifs (C(OH)–C–C–N with tert-alkyl or cyclic N) is 1. The topological polar surface area (TPSA) is 61.3 Å². The van der Waals surface area contributed by atoms with Gasteiger partial charge in [-0.05, 0) is 18.6 Å². The van der Waals surface area contributed by atoms with Crippen molar-refractivity contribution >= 4 is 17.2 Å². The molecule has 0 spiro atoms. The molecule has 0 aromatic carbocycles. The minimum absolute atomic E-state index is 0.235. The number of nitrogens with zero attached hydrogens (tertiary/aromatic N) is 3. The van der Waals surface area contributed by atoms with Crippen LogP contribution in [0.15, 0.2) is 29.2 Å². The molecule has 0 radical (unpaired) electrons. The highest BCUT2D eigenvalue weighted by Gasteiger charge is 2.31. The number of rotatable bonds is 4. The molecule has 24 heavy (non-hydrogen) atoms. The Labute approximate surface area is 141 Å². The summed E-state index contributed by atoms with van der Waals surface area (Å²) in [5.74, 6) is 0.333. The standard InChI is InChI=1S/C15H17F3N4OS/c16-15(17,18)10-1-2-14(19-5-10)21-12-3-4-22(7-13(12)23)6-11-8-24-9-20-11/h1-2,5,8-9,12-13,23H,3-4,6-7H2,(H,19,21)/t12-,13-/m1/s1. The van der Waals surface area contributed by atoms with Gasteiger partial charge in [-0.2, -0.15) is 13.2 Å². The first kappa shape index (κ1) is 17.1. The van der Waals surface area contributed by atoms with Crippen LogP contribution in [0.4, 0.5) is 19.0 Å². The molecule has 9 heteroatoms. The van der Waals surface area contributed by atoms with Crippen LogP contribution in [0.3, 0.4) is 0 Å². The van der Waals surface area contributed by atoms with Crippen LogP contribution in [0, 0.1) is 0 Å². The van der Waals surface area contributed by atoms with Crippen LogP contribution < -0.4 is 5.32 Å². The van der Waals surface area contributed by atoms with Crippen LogP contribution in [0.2, 0.25) is 0 Å². The molecule has 2 atom stereocenters. The first-order valence-corrected chi connectivity index (χ1v) is 8.43. The third kappa shape index (κ3) is 4.22. The summed E-state index contributed by atoms with van der Waals surface area (Å²) in [5.41, 5.74) is 1.96. The van der Waals surface area contributed by atoms with Gasteiger partial charge in [0.1, 0.15) is 5.82 Å². The van der Waals surface area contributed by atoms with E-state index in [1.807, 2.05) is 5.38 Å². The van der Waals surface area contributed by atoms with Crippen LogP contribution in [0.5, 0.6) is 0 Å². The third-order valence-corrected chi connectivity index (χ3v) is 4.59. The zero-order chi connectivity index (χ0) is 17.2. The van der Waals surface area contributed by atoms with Crippen molar-refractivity contribution in [3.8, 4) is 0 Å². The summed E-state index contributed by atoms with van der Waals surface area (Å²) in [6.07, 6.45) is -3.55. The fraction of sp³-hybridized carbons (Fsp3) is 0.467. The SMILES string of the molecule is O[C@@H]1CN(Cc2cscn2)CC[C@H]1Nc1ccc(C(F)(F)F)cn1. The van der Waals surface area contributed by atoms with E-state index in [0.717, 1.165) is 24.5 Å². The molecule has 3 heterocycles. The van der Waals surface area contributed by atoms with E-state index < -0.39 is 17.8 Å². The van der Waals surface area contributed by atoms with Gasteiger partial charge in [0, 0.05) is 31.2 Å². The second kappa shape index (κ2) is 7.04. The Balaban J connectivity index is 1.55. The van der Waals surface area contributed by atoms with Gasteiger partial charge >= 0.3 is 6.18 Å². The highest BCUT2D eigenvalue weighted by Crippen LogP contribution is 2.29. The van der Waals surface area contributed by atoms with Crippen LogP contribution >= 0.6 is 11.3 Å². The molecule has 1 aliphatic heterocycles. The second-order valence-corrected chi connectivity index (χ2v) is 6.47. The Morgan fingerprint density at radius 2 is 2.17 bits per heavy atom. The zero-order valence-corrected chi connectivity index (χ0v) is 13.5. The van der Waals surface area contributed by atoms with Crippen LogP contribution in [-0.4, -0.2) is 45.2 Å². The van der Waals surface area contributed by atoms with Gasteiger partial charge in [0.15, 0.2) is 0 Å². The predicted octanol–water partition coefficient (Wildman–Crippen LogP) is 2.60. The van der Waals surface area contributed by atoms with Crippen molar-refractivity contribution in [2.75, 3.05) is 18.4 Å². The maximum absolute atomic E-state index is 12.5. The van der Waals surface area contributed by atoms with E-state index >= 15 is 0 Å². The lowest BCUT2D eigenvalue weighted by Crippen LogP contribution is -2.49. The maximum Gasteiger partial charge on any atom is 0.417 e. The van der Waals surface area contributed by atoms with Crippen molar-refractivity contribution in [2.45, 2.75) is 31.3 Å². The molecule has 130 valence electrons. The second-order valence-electron chi connectivity index (χ2n) is 5.75. The summed E-state index contributed by atoms with van der Waals surface area (Å²) in [5, 5.41) is 15.3. The number of pyridine rings is 1. The average molecular weight is 358 g/mol. The number of alkyl halides is 3. The number of anilines is 1. The molecule has 2 aromatic heterocycles. The number of piperidine rings is 1. The van der Waals surface area contributed by atoms with Gasteiger partial charge in [0.2, 0.25) is 0 Å². The van der Waals surface area contributed by atoms with E-state index in [9.17, 15) is 18.3 Å². The van der Waals surface area contributed by atoms with Crippen molar-refractivity contribution in [1.82, 2.24) is 14.9 Å². The third-order valence-electron chi connectivity index (χ3n) is 3.96. The summed E-state index contributed by atoms with van der Waals surface area (Å²) in [6, 6.07) is 2.04. The highest BCUT2D eigenvalue weighted by atomic mass is 32.1. The Kier molecular flexibility index (Phi) is 5.02. The number of hydrogen-bond donors (Lipinski definition) is 2. The van der Waals surface area contributed by atoms with E-state index in [1.54, 1.807) is 5.51 Å². The molecule has 5 nitrogen and oxygen atoms in total. The molecular formula is C15H17F3N4OS. The fourth-order valence-electron chi connectivity index (χ4n) is 2.69. The summed E-state index contributed by atoms with van der Waals surface area (Å²) in [4.78, 5) is 10.1. The van der Waals surface area contributed by atoms with E-state index in [-0.39, 0.29) is 6.04 Å². The number of aliphatic hydroxyl groups excluding tert-OH is 1. The van der Waals surface area contributed by atoms with Gasteiger partial charge in [-0.1, -0.05) is 0 Å². The average Bonchev–Trinajstić information content (AvgIpc) is 3.03. The number of aromatic nitrogens is 2. The van der Waals surface area contributed by atoms with Crippen molar-refractivity contribution in [3.63, 3.8) is 0 Å². The number of likely N-dealkylation sites (tertiary alicyclic amines) is 1. The molecular weight excluding hydrogens is 341 g/mol. The van der Waals surface area contributed by atoms with Gasteiger partial charge in [-0.25, -0.2) is 9.97 Å². The van der Waals surface area contributed by atoms with Crippen molar-refractivity contribution in [1.29, 1.82) is 0 Å².